The van der Waals surface area contributed by atoms with Crippen LogP contribution in [0.15, 0.2) is 17.4 Å². The maximum Gasteiger partial charge on any atom is 0.342 e. The molecule has 2 N–H and O–H groups in total. The van der Waals surface area contributed by atoms with E-state index >= 15 is 0 Å². The number of carbonyl (C=O) groups excluding carboxylic acids is 1. The van der Waals surface area contributed by atoms with Gasteiger partial charge in [0.15, 0.2) is 6.29 Å². The third kappa shape index (κ3) is 1.12. The van der Waals surface area contributed by atoms with E-state index in [9.17, 15) is 9.59 Å². The number of aliphatic carboxylic acids is 1. The molecule has 1 atom stereocenters. The number of rotatable bonds is 2. The minimum atomic E-state index is -1.67. The molecule has 0 bridgehead atoms. The summed E-state index contributed by atoms with van der Waals surface area (Å²) in [5, 5.41) is 11.0. The van der Waals surface area contributed by atoms with Gasteiger partial charge in [-0.15, -0.1) is 0 Å². The average Bonchev–Trinajstić information content (AvgIpc) is 2.05. The van der Waals surface area contributed by atoms with Crippen LogP contribution in [-0.4, -0.2) is 29.1 Å². The topological polar surface area (TPSA) is 78.8 Å². The van der Waals surface area contributed by atoms with Gasteiger partial charge in [-0.05, 0) is 0 Å². The van der Waals surface area contributed by atoms with Crippen LogP contribution >= 0.6 is 0 Å². The highest BCUT2D eigenvalue weighted by Crippen LogP contribution is 2.01. The van der Waals surface area contributed by atoms with E-state index in [1.165, 1.54) is 12.4 Å². The van der Waals surface area contributed by atoms with Crippen LogP contribution in [0.3, 0.4) is 0 Å². The molecule has 1 aliphatic heterocycles. The quantitative estimate of drug-likeness (QED) is 0.401. The molecular formula is C6H6N2O3. The van der Waals surface area contributed by atoms with Gasteiger partial charge < -0.3 is 10.4 Å². The summed E-state index contributed by atoms with van der Waals surface area (Å²) in [6.07, 6.45) is 4.01. The van der Waals surface area contributed by atoms with Gasteiger partial charge in [-0.2, -0.15) is 0 Å². The summed E-state index contributed by atoms with van der Waals surface area (Å²) in [6, 6.07) is 0. The number of nitrogens with one attached hydrogen (secondary N) is 1. The van der Waals surface area contributed by atoms with Crippen molar-refractivity contribution in [1.29, 1.82) is 0 Å². The Morgan fingerprint density at radius 3 is 2.73 bits per heavy atom. The Hall–Kier alpha value is -1.65. The van der Waals surface area contributed by atoms with E-state index in [0.29, 0.717) is 6.29 Å². The van der Waals surface area contributed by atoms with Gasteiger partial charge in [0.25, 0.3) is 0 Å². The van der Waals surface area contributed by atoms with Crippen LogP contribution < -0.4 is 5.32 Å². The van der Waals surface area contributed by atoms with Gasteiger partial charge in [-0.1, -0.05) is 0 Å². The van der Waals surface area contributed by atoms with Crippen LogP contribution in [0.1, 0.15) is 0 Å². The number of aliphatic imine (C=N–C) groups is 1. The molecule has 58 valence electrons. The van der Waals surface area contributed by atoms with E-state index in [-0.39, 0.29) is 0 Å². The van der Waals surface area contributed by atoms with Crippen LogP contribution in [0, 0.1) is 0 Å². The normalized spacial score (nSPS) is 27.6. The van der Waals surface area contributed by atoms with Crippen molar-refractivity contribution in [3.05, 3.63) is 12.4 Å². The minimum Gasteiger partial charge on any atom is -0.479 e. The molecule has 1 rings (SSSR count). The molecule has 0 saturated heterocycles. The Morgan fingerprint density at radius 1 is 1.73 bits per heavy atom. The lowest BCUT2D eigenvalue weighted by Gasteiger charge is -2.19. The van der Waals surface area contributed by atoms with Crippen molar-refractivity contribution in [1.82, 2.24) is 5.32 Å². The van der Waals surface area contributed by atoms with E-state index in [4.69, 9.17) is 5.11 Å². The summed E-state index contributed by atoms with van der Waals surface area (Å²) in [6.45, 7) is 0. The first-order chi connectivity index (χ1) is 5.21. The van der Waals surface area contributed by atoms with E-state index in [1.807, 2.05) is 0 Å². The molecule has 0 aromatic heterocycles. The van der Waals surface area contributed by atoms with Crippen LogP contribution in [0.4, 0.5) is 0 Å². The van der Waals surface area contributed by atoms with Crippen molar-refractivity contribution in [2.75, 3.05) is 0 Å². The first-order valence-corrected chi connectivity index (χ1v) is 2.88. The van der Waals surface area contributed by atoms with Gasteiger partial charge in [0.05, 0.1) is 0 Å². The smallest absolute Gasteiger partial charge is 0.342 e. The third-order valence-corrected chi connectivity index (χ3v) is 1.30. The molecular weight excluding hydrogens is 148 g/mol. The number of hydrogen-bond donors (Lipinski definition) is 2. The molecule has 0 saturated carbocycles. The number of carbonyl (C=O) groups is 2. The average molecular weight is 154 g/mol. The summed E-state index contributed by atoms with van der Waals surface area (Å²) in [7, 11) is 0. The zero-order valence-electron chi connectivity index (χ0n) is 5.52. The number of carboxylic acids is 1. The van der Waals surface area contributed by atoms with E-state index < -0.39 is 11.5 Å². The molecule has 0 aromatic carbocycles. The predicted octanol–water partition coefficient (Wildman–Crippen LogP) is -0.846. The molecule has 0 radical (unpaired) electrons. The summed E-state index contributed by atoms with van der Waals surface area (Å²) in [4.78, 5) is 24.4. The Labute approximate surface area is 62.4 Å². The molecule has 5 heteroatoms. The monoisotopic (exact) mass is 154 g/mol. The summed E-state index contributed by atoms with van der Waals surface area (Å²) in [5.41, 5.74) is -1.67. The van der Waals surface area contributed by atoms with E-state index in [1.54, 1.807) is 0 Å². The molecule has 5 nitrogen and oxygen atoms in total. The fourth-order valence-corrected chi connectivity index (χ4v) is 0.648. The van der Waals surface area contributed by atoms with Gasteiger partial charge in [0.1, 0.15) is 0 Å². The van der Waals surface area contributed by atoms with Crippen molar-refractivity contribution in [3.63, 3.8) is 0 Å². The van der Waals surface area contributed by atoms with Gasteiger partial charge in [-0.25, -0.2) is 4.79 Å². The Balaban J connectivity index is 2.94. The van der Waals surface area contributed by atoms with Crippen LogP contribution in [0.5, 0.6) is 0 Å². The zero-order chi connectivity index (χ0) is 8.32. The molecule has 0 aromatic rings. The largest absolute Gasteiger partial charge is 0.479 e. The molecule has 1 aliphatic rings. The van der Waals surface area contributed by atoms with Crippen molar-refractivity contribution < 1.29 is 14.7 Å². The number of nitrogens with zero attached hydrogens (tertiary/aromatic N) is 1. The van der Waals surface area contributed by atoms with Gasteiger partial charge in [0, 0.05) is 18.6 Å². The van der Waals surface area contributed by atoms with E-state index in [0.717, 1.165) is 6.21 Å². The van der Waals surface area contributed by atoms with Crippen LogP contribution in [0.2, 0.25) is 0 Å². The highest BCUT2D eigenvalue weighted by Gasteiger charge is 2.36. The molecule has 0 spiro atoms. The van der Waals surface area contributed by atoms with Crippen molar-refractivity contribution in [2.24, 2.45) is 4.99 Å². The molecule has 11 heavy (non-hydrogen) atoms. The lowest BCUT2D eigenvalue weighted by atomic mass is 10.0. The summed E-state index contributed by atoms with van der Waals surface area (Å²) >= 11 is 0. The van der Waals surface area contributed by atoms with Crippen molar-refractivity contribution in [2.45, 2.75) is 5.54 Å². The lowest BCUT2D eigenvalue weighted by Crippen LogP contribution is -2.53. The second kappa shape index (κ2) is 2.53. The maximum atomic E-state index is 10.5. The maximum absolute atomic E-state index is 10.5. The van der Waals surface area contributed by atoms with E-state index in [2.05, 4.69) is 10.3 Å². The highest BCUT2D eigenvalue weighted by atomic mass is 16.4. The fourth-order valence-electron chi connectivity index (χ4n) is 0.648. The van der Waals surface area contributed by atoms with Crippen molar-refractivity contribution >= 4 is 18.5 Å². The summed E-state index contributed by atoms with van der Waals surface area (Å²) < 4.78 is 0. The Kier molecular flexibility index (Phi) is 1.72. The Bertz CT molecular complexity index is 246. The third-order valence-electron chi connectivity index (χ3n) is 1.30. The van der Waals surface area contributed by atoms with Crippen LogP contribution in [0.25, 0.3) is 0 Å². The second-order valence-corrected chi connectivity index (χ2v) is 2.03. The Morgan fingerprint density at radius 2 is 2.45 bits per heavy atom. The number of hydrogen-bond acceptors (Lipinski definition) is 4. The molecule has 0 amide bonds. The zero-order valence-corrected chi connectivity index (χ0v) is 5.52. The molecule has 0 aliphatic carbocycles. The first kappa shape index (κ1) is 7.46. The lowest BCUT2D eigenvalue weighted by molar-refractivity contribution is -0.143. The van der Waals surface area contributed by atoms with Crippen LogP contribution in [-0.2, 0) is 9.59 Å². The summed E-state index contributed by atoms with van der Waals surface area (Å²) in [5.74, 6) is -1.26. The predicted molar refractivity (Wildman–Crippen MR) is 37.2 cm³/mol. The first-order valence-electron chi connectivity index (χ1n) is 2.88. The van der Waals surface area contributed by atoms with Crippen molar-refractivity contribution in [3.8, 4) is 0 Å². The second-order valence-electron chi connectivity index (χ2n) is 2.03. The SMILES string of the molecule is O=CC1(C(=O)O)C=NC=CN1. The van der Waals surface area contributed by atoms with Gasteiger partial charge >= 0.3 is 5.97 Å². The number of carboxylic acid groups (broad SMARTS) is 1. The molecule has 1 heterocycles. The fraction of sp³-hybridized carbons (Fsp3) is 0.167. The highest BCUT2D eigenvalue weighted by molar-refractivity contribution is 6.15. The van der Waals surface area contributed by atoms with Gasteiger partial charge in [-0.3, -0.25) is 9.79 Å². The molecule has 1 unspecified atom stereocenters. The van der Waals surface area contributed by atoms with Gasteiger partial charge in [0.2, 0.25) is 5.54 Å². The minimum absolute atomic E-state index is 0.294. The number of aldehydes is 1. The standard InChI is InChI=1S/C6H6N2O3/c9-4-6(5(10)11)3-7-1-2-8-6/h1-4,8H,(H,10,11). The molecule has 0 fully saturated rings.